The standard InChI is InChI=1S/C17H24N2O3/c1-17(2,3)13-8-4-5-9-14(13)18-16(22)19-10-6-7-12(11-19)15(20)21/h4-5,8-9,12H,6-7,10-11H2,1-3H3,(H,18,22)(H,20,21). The zero-order valence-electron chi connectivity index (χ0n) is 13.4. The van der Waals surface area contributed by atoms with E-state index in [0.717, 1.165) is 17.7 Å². The van der Waals surface area contributed by atoms with Gasteiger partial charge in [-0.3, -0.25) is 4.79 Å². The Morgan fingerprint density at radius 2 is 1.95 bits per heavy atom. The average Bonchev–Trinajstić information content (AvgIpc) is 2.46. The van der Waals surface area contributed by atoms with Crippen LogP contribution < -0.4 is 5.32 Å². The first-order valence-electron chi connectivity index (χ1n) is 7.67. The fourth-order valence-corrected chi connectivity index (χ4v) is 2.80. The van der Waals surface area contributed by atoms with Crippen LogP contribution in [0.2, 0.25) is 0 Å². The molecule has 1 aliphatic heterocycles. The average molecular weight is 304 g/mol. The number of carboxylic acid groups (broad SMARTS) is 1. The number of piperidine rings is 1. The first-order valence-corrected chi connectivity index (χ1v) is 7.67. The first kappa shape index (κ1) is 16.3. The van der Waals surface area contributed by atoms with Crippen LogP contribution in [0.1, 0.15) is 39.2 Å². The number of urea groups is 1. The topological polar surface area (TPSA) is 69.6 Å². The number of para-hydroxylation sites is 1. The van der Waals surface area contributed by atoms with E-state index in [1.807, 2.05) is 24.3 Å². The van der Waals surface area contributed by atoms with Gasteiger partial charge in [0.05, 0.1) is 5.92 Å². The Balaban J connectivity index is 2.11. The molecule has 5 heteroatoms. The number of anilines is 1. The zero-order valence-corrected chi connectivity index (χ0v) is 13.4. The van der Waals surface area contributed by atoms with E-state index in [1.54, 1.807) is 4.90 Å². The van der Waals surface area contributed by atoms with Gasteiger partial charge in [-0.1, -0.05) is 39.0 Å². The van der Waals surface area contributed by atoms with Crippen molar-refractivity contribution in [2.75, 3.05) is 18.4 Å². The van der Waals surface area contributed by atoms with Crippen LogP contribution in [0.4, 0.5) is 10.5 Å². The summed E-state index contributed by atoms with van der Waals surface area (Å²) in [5.74, 6) is -1.29. The van der Waals surface area contributed by atoms with Crippen molar-refractivity contribution in [3.8, 4) is 0 Å². The molecule has 2 rings (SSSR count). The van der Waals surface area contributed by atoms with Crippen molar-refractivity contribution >= 4 is 17.7 Å². The van der Waals surface area contributed by atoms with E-state index < -0.39 is 11.9 Å². The molecule has 0 bridgehead atoms. The Morgan fingerprint density at radius 3 is 2.59 bits per heavy atom. The van der Waals surface area contributed by atoms with E-state index in [1.165, 1.54) is 0 Å². The molecule has 1 aromatic carbocycles. The number of likely N-dealkylation sites (tertiary alicyclic amines) is 1. The number of hydrogen-bond donors (Lipinski definition) is 2. The van der Waals surface area contributed by atoms with E-state index in [4.69, 9.17) is 5.11 Å². The lowest BCUT2D eigenvalue weighted by Gasteiger charge is -2.31. The molecule has 2 N–H and O–H groups in total. The van der Waals surface area contributed by atoms with Gasteiger partial charge in [-0.15, -0.1) is 0 Å². The highest BCUT2D eigenvalue weighted by Crippen LogP contribution is 2.29. The number of carbonyl (C=O) groups excluding carboxylic acids is 1. The summed E-state index contributed by atoms with van der Waals surface area (Å²) < 4.78 is 0. The highest BCUT2D eigenvalue weighted by atomic mass is 16.4. The molecular formula is C17H24N2O3. The molecule has 1 aromatic rings. The number of nitrogens with one attached hydrogen (secondary N) is 1. The second-order valence-electron chi connectivity index (χ2n) is 6.85. The van der Waals surface area contributed by atoms with Crippen LogP contribution in [-0.2, 0) is 10.2 Å². The van der Waals surface area contributed by atoms with Gasteiger partial charge in [0.2, 0.25) is 0 Å². The Kier molecular flexibility index (Phi) is 4.74. The van der Waals surface area contributed by atoms with Crippen LogP contribution in [0.3, 0.4) is 0 Å². The van der Waals surface area contributed by atoms with Crippen molar-refractivity contribution in [2.24, 2.45) is 5.92 Å². The summed E-state index contributed by atoms with van der Waals surface area (Å²) in [5, 5.41) is 12.1. The number of aliphatic carboxylic acids is 1. The maximum atomic E-state index is 12.4. The number of carboxylic acids is 1. The predicted octanol–water partition coefficient (Wildman–Crippen LogP) is 3.31. The largest absolute Gasteiger partial charge is 0.481 e. The van der Waals surface area contributed by atoms with Crippen molar-refractivity contribution < 1.29 is 14.7 Å². The molecule has 0 aromatic heterocycles. The summed E-state index contributed by atoms with van der Waals surface area (Å²) in [6, 6.07) is 7.52. The molecule has 1 atom stereocenters. The maximum Gasteiger partial charge on any atom is 0.321 e. The lowest BCUT2D eigenvalue weighted by Crippen LogP contribution is -2.44. The SMILES string of the molecule is CC(C)(C)c1ccccc1NC(=O)N1CCCC(C(=O)O)C1. The molecule has 1 fully saturated rings. The normalized spacial score (nSPS) is 18.9. The molecule has 22 heavy (non-hydrogen) atoms. The molecule has 5 nitrogen and oxygen atoms in total. The monoisotopic (exact) mass is 304 g/mol. The van der Waals surface area contributed by atoms with Gasteiger partial charge in [0.1, 0.15) is 0 Å². The molecule has 1 heterocycles. The van der Waals surface area contributed by atoms with Crippen LogP contribution in [-0.4, -0.2) is 35.1 Å². The number of amides is 2. The van der Waals surface area contributed by atoms with Gasteiger partial charge in [0.15, 0.2) is 0 Å². The molecule has 1 unspecified atom stereocenters. The molecular weight excluding hydrogens is 280 g/mol. The highest BCUT2D eigenvalue weighted by Gasteiger charge is 2.28. The van der Waals surface area contributed by atoms with E-state index in [-0.39, 0.29) is 18.0 Å². The molecule has 0 saturated carbocycles. The molecule has 2 amide bonds. The third-order valence-corrected chi connectivity index (χ3v) is 4.03. The predicted molar refractivity (Wildman–Crippen MR) is 86.1 cm³/mol. The second kappa shape index (κ2) is 6.38. The lowest BCUT2D eigenvalue weighted by molar-refractivity contribution is -0.143. The second-order valence-corrected chi connectivity index (χ2v) is 6.85. The van der Waals surface area contributed by atoms with Gasteiger partial charge in [-0.25, -0.2) is 4.79 Å². The van der Waals surface area contributed by atoms with Gasteiger partial charge < -0.3 is 15.3 Å². The summed E-state index contributed by atoms with van der Waals surface area (Å²) in [7, 11) is 0. The van der Waals surface area contributed by atoms with Crippen LogP contribution in [0.25, 0.3) is 0 Å². The molecule has 1 aliphatic rings. The van der Waals surface area contributed by atoms with Crippen LogP contribution in [0.5, 0.6) is 0 Å². The van der Waals surface area contributed by atoms with Gasteiger partial charge >= 0.3 is 12.0 Å². The zero-order chi connectivity index (χ0) is 16.3. The molecule has 0 radical (unpaired) electrons. The number of benzene rings is 1. The minimum absolute atomic E-state index is 0.0740. The van der Waals surface area contributed by atoms with Crippen molar-refractivity contribution in [3.63, 3.8) is 0 Å². The Labute approximate surface area is 131 Å². The van der Waals surface area contributed by atoms with E-state index >= 15 is 0 Å². The number of nitrogens with zero attached hydrogens (tertiary/aromatic N) is 1. The molecule has 1 saturated heterocycles. The van der Waals surface area contributed by atoms with E-state index in [2.05, 4.69) is 26.1 Å². The van der Waals surface area contributed by atoms with E-state index in [9.17, 15) is 9.59 Å². The Bertz CT molecular complexity index is 563. The van der Waals surface area contributed by atoms with Crippen molar-refractivity contribution in [1.82, 2.24) is 4.90 Å². The number of rotatable bonds is 2. The van der Waals surface area contributed by atoms with Crippen LogP contribution in [0.15, 0.2) is 24.3 Å². The van der Waals surface area contributed by atoms with Gasteiger partial charge in [-0.05, 0) is 29.9 Å². The highest BCUT2D eigenvalue weighted by molar-refractivity contribution is 5.90. The van der Waals surface area contributed by atoms with Crippen molar-refractivity contribution in [2.45, 2.75) is 39.0 Å². The van der Waals surface area contributed by atoms with Crippen LogP contribution in [0, 0.1) is 5.92 Å². The fraction of sp³-hybridized carbons (Fsp3) is 0.529. The fourth-order valence-electron chi connectivity index (χ4n) is 2.80. The molecule has 0 aliphatic carbocycles. The lowest BCUT2D eigenvalue weighted by atomic mass is 9.86. The molecule has 0 spiro atoms. The third-order valence-electron chi connectivity index (χ3n) is 4.03. The third kappa shape index (κ3) is 3.78. The van der Waals surface area contributed by atoms with Gasteiger partial charge in [0, 0.05) is 18.8 Å². The smallest absolute Gasteiger partial charge is 0.321 e. The minimum Gasteiger partial charge on any atom is -0.481 e. The molecule has 120 valence electrons. The summed E-state index contributed by atoms with van der Waals surface area (Å²) in [6.07, 6.45) is 1.36. The summed E-state index contributed by atoms with van der Waals surface area (Å²) in [4.78, 5) is 25.1. The first-order chi connectivity index (χ1) is 10.3. The van der Waals surface area contributed by atoms with Crippen molar-refractivity contribution in [3.05, 3.63) is 29.8 Å². The number of carbonyl (C=O) groups is 2. The summed E-state index contributed by atoms with van der Waals surface area (Å²) in [6.45, 7) is 7.17. The van der Waals surface area contributed by atoms with E-state index in [0.29, 0.717) is 13.0 Å². The minimum atomic E-state index is -0.826. The number of hydrogen-bond acceptors (Lipinski definition) is 2. The van der Waals surface area contributed by atoms with Crippen LogP contribution >= 0.6 is 0 Å². The quantitative estimate of drug-likeness (QED) is 0.880. The Morgan fingerprint density at radius 1 is 1.27 bits per heavy atom. The Hall–Kier alpha value is -2.04. The maximum absolute atomic E-state index is 12.4. The summed E-state index contributed by atoms with van der Waals surface area (Å²) >= 11 is 0. The van der Waals surface area contributed by atoms with Gasteiger partial charge in [0.25, 0.3) is 0 Å². The summed E-state index contributed by atoms with van der Waals surface area (Å²) in [5.41, 5.74) is 1.78. The van der Waals surface area contributed by atoms with Gasteiger partial charge in [-0.2, -0.15) is 0 Å². The van der Waals surface area contributed by atoms with Crippen molar-refractivity contribution in [1.29, 1.82) is 0 Å².